The zero-order valence-corrected chi connectivity index (χ0v) is 21.2. The lowest BCUT2D eigenvalue weighted by atomic mass is 9.76. The molecule has 36 heavy (non-hydrogen) atoms. The van der Waals surface area contributed by atoms with Gasteiger partial charge >= 0.3 is 12.0 Å². The van der Waals surface area contributed by atoms with E-state index in [0.29, 0.717) is 31.0 Å². The number of hydrogen-bond acceptors (Lipinski definition) is 7. The van der Waals surface area contributed by atoms with Crippen molar-refractivity contribution in [2.24, 2.45) is 0 Å². The van der Waals surface area contributed by atoms with Crippen LogP contribution in [-0.2, 0) is 10.2 Å². The molecular weight excluding hydrogens is 482 g/mol. The van der Waals surface area contributed by atoms with Gasteiger partial charge in [0.2, 0.25) is 0 Å². The van der Waals surface area contributed by atoms with Crippen molar-refractivity contribution in [1.29, 1.82) is 0 Å². The number of aromatic nitrogens is 1. The number of rotatable bonds is 7. The van der Waals surface area contributed by atoms with Crippen LogP contribution in [0.15, 0.2) is 48.5 Å². The van der Waals surface area contributed by atoms with Crippen molar-refractivity contribution in [3.05, 3.63) is 53.5 Å². The van der Waals surface area contributed by atoms with E-state index in [1.807, 2.05) is 48.5 Å². The molecule has 1 fully saturated rings. The van der Waals surface area contributed by atoms with Crippen LogP contribution in [0.3, 0.4) is 0 Å². The van der Waals surface area contributed by atoms with Gasteiger partial charge in [0.25, 0.3) is 0 Å². The fourth-order valence-electron chi connectivity index (χ4n) is 4.52. The van der Waals surface area contributed by atoms with Gasteiger partial charge in [0, 0.05) is 31.1 Å². The molecule has 0 unspecified atom stereocenters. The van der Waals surface area contributed by atoms with Crippen molar-refractivity contribution in [3.8, 4) is 33.2 Å². The van der Waals surface area contributed by atoms with Crippen LogP contribution < -0.4 is 9.47 Å². The number of carbonyl (C=O) groups excluding carboxylic acids is 1. The second-order valence-corrected chi connectivity index (χ2v) is 9.80. The number of methoxy groups -OCH3 is 2. The number of aliphatic carboxylic acids is 1. The van der Waals surface area contributed by atoms with Gasteiger partial charge in [-0.1, -0.05) is 0 Å². The van der Waals surface area contributed by atoms with Crippen molar-refractivity contribution >= 4 is 23.3 Å². The van der Waals surface area contributed by atoms with E-state index in [-0.39, 0.29) is 6.42 Å². The highest BCUT2D eigenvalue weighted by Gasteiger charge is 2.42. The summed E-state index contributed by atoms with van der Waals surface area (Å²) >= 11 is 1.48. The summed E-state index contributed by atoms with van der Waals surface area (Å²) in [5.41, 5.74) is 1.88. The monoisotopic (exact) mass is 511 g/mol. The highest BCUT2D eigenvalue weighted by atomic mass is 32.1. The molecule has 0 spiro atoms. The Labute approximate surface area is 213 Å². The Balaban J connectivity index is 1.78. The number of likely N-dealkylation sites (tertiary alicyclic amines) is 1. The molecule has 0 bridgehead atoms. The van der Waals surface area contributed by atoms with Gasteiger partial charge in [0.05, 0.1) is 31.2 Å². The standard InChI is InChI=1S/C26H29N3O6S/c1-28(33)25(32)29-14-12-26(13-15-29,16-21(30)31)24-27-22(17-4-8-19(34-2)9-5-17)23(36-24)18-6-10-20(35-3)11-7-18/h4-11,33H,12-16H2,1-3H3,(H,30,31). The molecule has 2 heterocycles. The van der Waals surface area contributed by atoms with Crippen molar-refractivity contribution in [2.45, 2.75) is 24.7 Å². The van der Waals surface area contributed by atoms with E-state index in [1.165, 1.54) is 23.3 Å². The lowest BCUT2D eigenvalue weighted by Crippen LogP contribution is -2.49. The van der Waals surface area contributed by atoms with E-state index >= 15 is 0 Å². The van der Waals surface area contributed by atoms with Crippen LogP contribution in [0, 0.1) is 0 Å². The van der Waals surface area contributed by atoms with Gasteiger partial charge in [0.1, 0.15) is 16.5 Å². The number of benzene rings is 2. The maximum atomic E-state index is 12.3. The molecule has 0 atom stereocenters. The number of carbonyl (C=O) groups is 2. The Morgan fingerprint density at radius 3 is 2.00 bits per heavy atom. The molecule has 9 nitrogen and oxygen atoms in total. The maximum absolute atomic E-state index is 12.3. The predicted molar refractivity (Wildman–Crippen MR) is 136 cm³/mol. The van der Waals surface area contributed by atoms with Gasteiger partial charge < -0.3 is 19.5 Å². The Hall–Kier alpha value is -3.63. The van der Waals surface area contributed by atoms with Crippen LogP contribution in [0.5, 0.6) is 11.5 Å². The Morgan fingerprint density at radius 1 is 1.00 bits per heavy atom. The Morgan fingerprint density at radius 2 is 1.53 bits per heavy atom. The van der Waals surface area contributed by atoms with Crippen molar-refractivity contribution < 1.29 is 29.4 Å². The summed E-state index contributed by atoms with van der Waals surface area (Å²) in [6.07, 6.45) is 0.759. The molecule has 0 radical (unpaired) electrons. The fraction of sp³-hybridized carbons (Fsp3) is 0.346. The fourth-order valence-corrected chi connectivity index (χ4v) is 5.85. The first-order valence-electron chi connectivity index (χ1n) is 11.5. The van der Waals surface area contributed by atoms with Crippen molar-refractivity contribution in [2.75, 3.05) is 34.4 Å². The molecular formula is C26H29N3O6S. The van der Waals surface area contributed by atoms with E-state index in [1.54, 1.807) is 14.2 Å². The van der Waals surface area contributed by atoms with Crippen LogP contribution >= 0.6 is 11.3 Å². The molecule has 0 aliphatic carbocycles. The number of hydroxylamine groups is 2. The summed E-state index contributed by atoms with van der Waals surface area (Å²) in [6, 6.07) is 14.8. The van der Waals surface area contributed by atoms with E-state index in [9.17, 15) is 19.9 Å². The molecule has 190 valence electrons. The average molecular weight is 512 g/mol. The molecule has 1 saturated heterocycles. The molecule has 0 saturated carbocycles. The van der Waals surface area contributed by atoms with Gasteiger partial charge in [-0.3, -0.25) is 10.0 Å². The maximum Gasteiger partial charge on any atom is 0.343 e. The van der Waals surface area contributed by atoms with Crippen LogP contribution in [0.2, 0.25) is 0 Å². The molecule has 4 rings (SSSR count). The molecule has 1 aromatic heterocycles. The van der Waals surface area contributed by atoms with Crippen LogP contribution in [0.25, 0.3) is 21.7 Å². The number of hydrogen-bond donors (Lipinski definition) is 2. The van der Waals surface area contributed by atoms with Crippen LogP contribution in [-0.4, -0.2) is 71.6 Å². The van der Waals surface area contributed by atoms with Crippen molar-refractivity contribution in [1.82, 2.24) is 14.9 Å². The molecule has 10 heteroatoms. The predicted octanol–water partition coefficient (Wildman–Crippen LogP) is 4.74. The minimum Gasteiger partial charge on any atom is -0.497 e. The highest BCUT2D eigenvalue weighted by molar-refractivity contribution is 7.15. The Bertz CT molecular complexity index is 1150. The second kappa shape index (κ2) is 10.5. The van der Waals surface area contributed by atoms with E-state index < -0.39 is 17.4 Å². The number of nitrogens with zero attached hydrogens (tertiary/aromatic N) is 3. The quantitative estimate of drug-likeness (QED) is 0.348. The SMILES string of the molecule is COc1ccc(-c2nc(C3(CC(=O)O)CCN(C(=O)N(C)O)CC3)sc2-c2ccc(OC)cc2)cc1. The van der Waals surface area contributed by atoms with E-state index in [2.05, 4.69) is 0 Å². The lowest BCUT2D eigenvalue weighted by Gasteiger charge is -2.40. The highest BCUT2D eigenvalue weighted by Crippen LogP contribution is 2.46. The number of piperidine rings is 1. The third-order valence-corrected chi connectivity index (χ3v) is 7.90. The minimum atomic E-state index is -0.916. The molecule has 2 amide bonds. The summed E-state index contributed by atoms with van der Waals surface area (Å²) in [7, 11) is 4.51. The zero-order valence-electron chi connectivity index (χ0n) is 20.4. The molecule has 1 aliphatic heterocycles. The number of thiazole rings is 1. The number of carboxylic acids is 1. The summed E-state index contributed by atoms with van der Waals surface area (Å²) in [5, 5.41) is 20.6. The first kappa shape index (κ1) is 25.5. The summed E-state index contributed by atoms with van der Waals surface area (Å²) in [4.78, 5) is 31.7. The molecule has 3 aromatic rings. The van der Waals surface area contributed by atoms with Crippen molar-refractivity contribution in [3.63, 3.8) is 0 Å². The molecule has 2 N–H and O–H groups in total. The van der Waals surface area contributed by atoms with Gasteiger partial charge in [0.15, 0.2) is 0 Å². The number of urea groups is 1. The number of carboxylic acid groups (broad SMARTS) is 1. The zero-order chi connectivity index (χ0) is 25.9. The third kappa shape index (κ3) is 5.14. The number of amides is 2. The van der Waals surface area contributed by atoms with Gasteiger partial charge in [-0.2, -0.15) is 0 Å². The van der Waals surface area contributed by atoms with E-state index in [4.69, 9.17) is 14.5 Å². The first-order valence-corrected chi connectivity index (χ1v) is 12.3. The molecule has 2 aromatic carbocycles. The molecule has 1 aliphatic rings. The van der Waals surface area contributed by atoms with Gasteiger partial charge in [-0.15, -0.1) is 11.3 Å². The minimum absolute atomic E-state index is 0.0956. The topological polar surface area (TPSA) is 112 Å². The lowest BCUT2D eigenvalue weighted by molar-refractivity contribution is -0.139. The van der Waals surface area contributed by atoms with Crippen LogP contribution in [0.1, 0.15) is 24.3 Å². The smallest absolute Gasteiger partial charge is 0.343 e. The van der Waals surface area contributed by atoms with Crippen LogP contribution in [0.4, 0.5) is 4.79 Å². The van der Waals surface area contributed by atoms with Gasteiger partial charge in [-0.05, 0) is 66.9 Å². The Kier molecular flexibility index (Phi) is 7.46. The number of ether oxygens (including phenoxy) is 2. The summed E-state index contributed by atoms with van der Waals surface area (Å²) in [5.74, 6) is 0.553. The third-order valence-electron chi connectivity index (χ3n) is 6.55. The largest absolute Gasteiger partial charge is 0.497 e. The summed E-state index contributed by atoms with van der Waals surface area (Å²) < 4.78 is 10.6. The van der Waals surface area contributed by atoms with E-state index in [0.717, 1.165) is 38.2 Å². The average Bonchev–Trinajstić information content (AvgIpc) is 3.34. The second-order valence-electron chi connectivity index (χ2n) is 8.80. The van der Waals surface area contributed by atoms with Gasteiger partial charge in [-0.25, -0.2) is 14.8 Å². The first-order chi connectivity index (χ1) is 17.3. The summed E-state index contributed by atoms with van der Waals surface area (Å²) in [6.45, 7) is 0.651. The normalized spacial score (nSPS) is 14.8.